The minimum Gasteiger partial charge on any atom is -0.485 e. The van der Waals surface area contributed by atoms with Crippen LogP contribution >= 0.6 is 0 Å². The molecule has 0 saturated carbocycles. The van der Waals surface area contributed by atoms with Crippen molar-refractivity contribution >= 4 is 0 Å². The van der Waals surface area contributed by atoms with Crippen molar-refractivity contribution in [2.75, 3.05) is 13.1 Å². The Hall–Kier alpha value is -1.87. The summed E-state index contributed by atoms with van der Waals surface area (Å²) in [6, 6.07) is 16.5. The largest absolute Gasteiger partial charge is 0.485 e. The second kappa shape index (κ2) is 6.72. The molecule has 3 heteroatoms. The molecule has 1 N–H and O–H groups in total. The van der Waals surface area contributed by atoms with Crippen LogP contribution in [-0.4, -0.2) is 13.1 Å². The molecule has 1 aliphatic heterocycles. The van der Waals surface area contributed by atoms with Crippen molar-refractivity contribution in [3.05, 3.63) is 66.0 Å². The highest BCUT2D eigenvalue weighted by Gasteiger charge is 2.26. The Balaban J connectivity index is 1.84. The zero-order valence-electron chi connectivity index (χ0n) is 12.0. The summed E-state index contributed by atoms with van der Waals surface area (Å²) in [6.07, 6.45) is 2.24. The van der Waals surface area contributed by atoms with Gasteiger partial charge in [0, 0.05) is 12.5 Å². The van der Waals surface area contributed by atoms with E-state index >= 15 is 0 Å². The van der Waals surface area contributed by atoms with Gasteiger partial charge in [-0.3, -0.25) is 0 Å². The molecule has 0 radical (unpaired) electrons. The molecule has 2 atom stereocenters. The molecule has 2 nitrogen and oxygen atoms in total. The van der Waals surface area contributed by atoms with Crippen molar-refractivity contribution < 1.29 is 9.13 Å². The molecule has 0 bridgehead atoms. The van der Waals surface area contributed by atoms with Crippen LogP contribution in [0.15, 0.2) is 54.6 Å². The summed E-state index contributed by atoms with van der Waals surface area (Å²) in [6.45, 7) is 2.01. The van der Waals surface area contributed by atoms with E-state index in [0.717, 1.165) is 37.2 Å². The molecular formula is C18H20FNO. The van der Waals surface area contributed by atoms with Gasteiger partial charge in [0.25, 0.3) is 0 Å². The smallest absolute Gasteiger partial charge is 0.128 e. The first-order chi connectivity index (χ1) is 10.3. The van der Waals surface area contributed by atoms with Gasteiger partial charge in [-0.2, -0.15) is 0 Å². The molecule has 0 amide bonds. The van der Waals surface area contributed by atoms with Gasteiger partial charge in [0.05, 0.1) is 0 Å². The van der Waals surface area contributed by atoms with Crippen LogP contribution in [0.4, 0.5) is 4.39 Å². The third-order valence-corrected chi connectivity index (χ3v) is 3.97. The van der Waals surface area contributed by atoms with Crippen molar-refractivity contribution in [3.63, 3.8) is 0 Å². The lowest BCUT2D eigenvalue weighted by atomic mass is 9.89. The van der Waals surface area contributed by atoms with Gasteiger partial charge in [-0.15, -0.1) is 0 Å². The number of hydrogen-bond donors (Lipinski definition) is 1. The minimum absolute atomic E-state index is 0.0409. The maximum absolute atomic E-state index is 13.2. The van der Waals surface area contributed by atoms with Crippen LogP contribution < -0.4 is 10.1 Å². The van der Waals surface area contributed by atoms with Gasteiger partial charge < -0.3 is 10.1 Å². The summed E-state index contributed by atoms with van der Waals surface area (Å²) < 4.78 is 19.4. The number of hydrogen-bond acceptors (Lipinski definition) is 2. The van der Waals surface area contributed by atoms with Gasteiger partial charge in [0.15, 0.2) is 0 Å². The van der Waals surface area contributed by atoms with E-state index in [1.165, 1.54) is 12.1 Å². The second-order valence-electron chi connectivity index (χ2n) is 5.51. The summed E-state index contributed by atoms with van der Waals surface area (Å²) in [4.78, 5) is 0. The zero-order valence-corrected chi connectivity index (χ0v) is 12.0. The van der Waals surface area contributed by atoms with Crippen molar-refractivity contribution in [3.8, 4) is 5.75 Å². The lowest BCUT2D eigenvalue weighted by molar-refractivity contribution is 0.116. The van der Waals surface area contributed by atoms with E-state index < -0.39 is 0 Å². The van der Waals surface area contributed by atoms with E-state index in [4.69, 9.17) is 4.74 Å². The van der Waals surface area contributed by atoms with Crippen LogP contribution in [-0.2, 0) is 0 Å². The highest BCUT2D eigenvalue weighted by Crippen LogP contribution is 2.32. The lowest BCUT2D eigenvalue weighted by Gasteiger charge is -2.31. The molecule has 1 aliphatic rings. The van der Waals surface area contributed by atoms with E-state index in [-0.39, 0.29) is 11.9 Å². The number of nitrogens with one attached hydrogen (secondary N) is 1. The Morgan fingerprint density at radius 2 is 1.81 bits per heavy atom. The highest BCUT2D eigenvalue weighted by atomic mass is 19.1. The monoisotopic (exact) mass is 285 g/mol. The van der Waals surface area contributed by atoms with Crippen molar-refractivity contribution in [1.82, 2.24) is 5.32 Å². The first-order valence-corrected chi connectivity index (χ1v) is 7.51. The Morgan fingerprint density at radius 1 is 1.05 bits per heavy atom. The van der Waals surface area contributed by atoms with Crippen LogP contribution in [0.25, 0.3) is 0 Å². The average molecular weight is 285 g/mol. The SMILES string of the molecule is Fc1ccc([C@H](Oc2ccccc2)[C@H]2CCCNC2)cc1. The second-order valence-corrected chi connectivity index (χ2v) is 5.51. The molecule has 2 aromatic rings. The van der Waals surface area contributed by atoms with Gasteiger partial charge in [-0.25, -0.2) is 4.39 Å². The first-order valence-electron chi connectivity index (χ1n) is 7.51. The van der Waals surface area contributed by atoms with Gasteiger partial charge >= 0.3 is 0 Å². The molecule has 1 heterocycles. The third kappa shape index (κ3) is 3.61. The summed E-state index contributed by atoms with van der Waals surface area (Å²) in [7, 11) is 0. The standard InChI is InChI=1S/C18H20FNO/c19-16-10-8-14(9-11-16)18(15-5-4-12-20-13-15)21-17-6-2-1-3-7-17/h1-3,6-11,15,18,20H,4-5,12-13H2/t15-,18-/m0/s1. The molecule has 1 fully saturated rings. The molecule has 110 valence electrons. The fraction of sp³-hybridized carbons (Fsp3) is 0.333. The predicted molar refractivity (Wildman–Crippen MR) is 81.8 cm³/mol. The van der Waals surface area contributed by atoms with E-state index in [1.807, 2.05) is 42.5 Å². The van der Waals surface area contributed by atoms with Gasteiger partial charge in [-0.05, 0) is 49.2 Å². The topological polar surface area (TPSA) is 21.3 Å². The van der Waals surface area contributed by atoms with E-state index in [0.29, 0.717) is 5.92 Å². The fourth-order valence-corrected chi connectivity index (χ4v) is 2.87. The normalized spacial score (nSPS) is 20.0. The Labute approximate surface area is 125 Å². The maximum atomic E-state index is 13.2. The number of para-hydroxylation sites is 1. The molecule has 0 aromatic heterocycles. The number of piperidine rings is 1. The first kappa shape index (κ1) is 14.1. The van der Waals surface area contributed by atoms with Crippen LogP contribution in [0, 0.1) is 11.7 Å². The summed E-state index contributed by atoms with van der Waals surface area (Å²) in [5, 5.41) is 3.43. The fourth-order valence-electron chi connectivity index (χ4n) is 2.87. The molecule has 21 heavy (non-hydrogen) atoms. The zero-order chi connectivity index (χ0) is 14.5. The molecule has 3 rings (SSSR count). The van der Waals surface area contributed by atoms with Crippen LogP contribution in [0.1, 0.15) is 24.5 Å². The number of halogens is 1. The quantitative estimate of drug-likeness (QED) is 0.918. The van der Waals surface area contributed by atoms with Crippen LogP contribution in [0.3, 0.4) is 0 Å². The average Bonchev–Trinajstić information content (AvgIpc) is 2.55. The van der Waals surface area contributed by atoms with Gasteiger partial charge in [0.2, 0.25) is 0 Å². The van der Waals surface area contributed by atoms with E-state index in [2.05, 4.69) is 5.32 Å². The number of benzene rings is 2. The van der Waals surface area contributed by atoms with Crippen LogP contribution in [0.5, 0.6) is 5.75 Å². The van der Waals surface area contributed by atoms with Gasteiger partial charge in [-0.1, -0.05) is 30.3 Å². The van der Waals surface area contributed by atoms with Crippen LogP contribution in [0.2, 0.25) is 0 Å². The minimum atomic E-state index is -0.209. The molecule has 0 unspecified atom stereocenters. The van der Waals surface area contributed by atoms with Crippen molar-refractivity contribution in [2.24, 2.45) is 5.92 Å². The van der Waals surface area contributed by atoms with Crippen molar-refractivity contribution in [2.45, 2.75) is 18.9 Å². The summed E-state index contributed by atoms with van der Waals surface area (Å²) >= 11 is 0. The summed E-state index contributed by atoms with van der Waals surface area (Å²) in [5.41, 5.74) is 1.04. The highest BCUT2D eigenvalue weighted by molar-refractivity contribution is 5.25. The lowest BCUT2D eigenvalue weighted by Crippen LogP contribution is -2.35. The van der Waals surface area contributed by atoms with Gasteiger partial charge in [0.1, 0.15) is 17.7 Å². The molecule has 2 aromatic carbocycles. The number of ether oxygens (including phenoxy) is 1. The Kier molecular flexibility index (Phi) is 4.51. The molecule has 0 aliphatic carbocycles. The predicted octanol–water partition coefficient (Wildman–Crippen LogP) is 3.95. The maximum Gasteiger partial charge on any atom is 0.128 e. The Bertz CT molecular complexity index is 549. The van der Waals surface area contributed by atoms with E-state index in [9.17, 15) is 4.39 Å². The third-order valence-electron chi connectivity index (χ3n) is 3.97. The number of rotatable bonds is 4. The Morgan fingerprint density at radius 3 is 2.48 bits per heavy atom. The van der Waals surface area contributed by atoms with Crippen molar-refractivity contribution in [1.29, 1.82) is 0 Å². The molecule has 0 spiro atoms. The molecule has 1 saturated heterocycles. The molecular weight excluding hydrogens is 265 g/mol. The summed E-state index contributed by atoms with van der Waals surface area (Å²) in [5.74, 6) is 1.06. The van der Waals surface area contributed by atoms with E-state index in [1.54, 1.807) is 0 Å².